The molecule has 0 saturated carbocycles. The summed E-state index contributed by atoms with van der Waals surface area (Å²) < 4.78 is 13.5. The van der Waals surface area contributed by atoms with Crippen molar-refractivity contribution in [3.8, 4) is 16.9 Å². The van der Waals surface area contributed by atoms with Gasteiger partial charge in [-0.25, -0.2) is 9.78 Å². The Morgan fingerprint density at radius 1 is 1.31 bits per heavy atom. The number of aromatic nitrogens is 3. The van der Waals surface area contributed by atoms with Crippen molar-refractivity contribution in [2.24, 2.45) is 7.05 Å². The summed E-state index contributed by atoms with van der Waals surface area (Å²) >= 11 is 3.15. The topological polar surface area (TPSA) is 78.3 Å². The number of methoxy groups -OCH3 is 1. The maximum Gasteiger partial charge on any atom is 0.408 e. The summed E-state index contributed by atoms with van der Waals surface area (Å²) in [4.78, 5) is 17.2. The fraction of sp³-hybridized carbons (Fsp3) is 0.350. The third kappa shape index (κ3) is 5.98. The molecule has 9 heteroatoms. The number of alkyl carbamates (subject to hydrolysis) is 1. The number of nitrogens with zero attached hydrogens (tertiary/aromatic N) is 3. The first kappa shape index (κ1) is 21.2. The molecule has 0 spiro atoms. The van der Waals surface area contributed by atoms with Gasteiger partial charge >= 0.3 is 6.09 Å². The maximum absolute atomic E-state index is 11.8. The molecule has 0 bridgehead atoms. The Hall–Kier alpha value is -2.52. The van der Waals surface area contributed by atoms with Gasteiger partial charge in [0.25, 0.3) is 0 Å². The van der Waals surface area contributed by atoms with Crippen molar-refractivity contribution in [1.29, 1.82) is 0 Å². The first-order valence-electron chi connectivity index (χ1n) is 9.00. The highest BCUT2D eigenvalue weighted by Crippen LogP contribution is 2.38. The van der Waals surface area contributed by atoms with E-state index in [1.807, 2.05) is 58.5 Å². The summed E-state index contributed by atoms with van der Waals surface area (Å²) in [5.74, 6) is 0.800. The molecule has 0 atom stereocenters. The van der Waals surface area contributed by atoms with Crippen LogP contribution in [0.4, 0.5) is 4.79 Å². The number of hydrogen-bond donors (Lipinski definition) is 1. The Labute approximate surface area is 178 Å². The minimum atomic E-state index is -0.520. The zero-order chi connectivity index (χ0) is 21.0. The van der Waals surface area contributed by atoms with Crippen LogP contribution in [0.3, 0.4) is 0 Å². The number of nitrogens with one attached hydrogen (secondary N) is 1. The highest BCUT2D eigenvalue weighted by molar-refractivity contribution is 8.01. The quantitative estimate of drug-likeness (QED) is 0.607. The van der Waals surface area contributed by atoms with Gasteiger partial charge in [-0.05, 0) is 39.0 Å². The molecule has 0 saturated heterocycles. The van der Waals surface area contributed by atoms with E-state index in [4.69, 9.17) is 9.47 Å². The third-order valence-corrected chi connectivity index (χ3v) is 5.81. The summed E-state index contributed by atoms with van der Waals surface area (Å²) in [6.07, 6.45) is 5.15. The van der Waals surface area contributed by atoms with E-state index in [1.54, 1.807) is 23.6 Å². The number of benzene rings is 1. The highest BCUT2D eigenvalue weighted by Gasteiger charge is 2.16. The van der Waals surface area contributed by atoms with Gasteiger partial charge in [0.15, 0.2) is 0 Å². The molecule has 1 amide bonds. The number of hydrogen-bond acceptors (Lipinski definition) is 7. The molecular weight excluding hydrogens is 408 g/mol. The third-order valence-electron chi connectivity index (χ3n) is 3.72. The first-order chi connectivity index (χ1) is 13.7. The molecule has 1 N–H and O–H groups in total. The van der Waals surface area contributed by atoms with Gasteiger partial charge in [0.05, 0.1) is 30.3 Å². The van der Waals surface area contributed by atoms with Crippen molar-refractivity contribution in [3.05, 3.63) is 41.8 Å². The minimum Gasteiger partial charge on any atom is -0.496 e. The number of carbonyl (C=O) groups excluding carboxylic acids is 1. The number of rotatable bonds is 6. The molecule has 29 heavy (non-hydrogen) atoms. The predicted octanol–water partition coefficient (Wildman–Crippen LogP) is 4.73. The van der Waals surface area contributed by atoms with Crippen molar-refractivity contribution in [1.82, 2.24) is 20.1 Å². The van der Waals surface area contributed by atoms with Crippen molar-refractivity contribution in [2.45, 2.75) is 42.0 Å². The average molecular weight is 433 g/mol. The van der Waals surface area contributed by atoms with Gasteiger partial charge in [0.2, 0.25) is 0 Å². The number of carbonyl (C=O) groups is 1. The lowest BCUT2D eigenvalue weighted by atomic mass is 10.1. The molecule has 3 aromatic rings. The van der Waals surface area contributed by atoms with Crippen LogP contribution in [0.25, 0.3) is 11.1 Å². The Morgan fingerprint density at radius 3 is 2.76 bits per heavy atom. The molecular formula is C20H24N4O3S2. The standard InChI is InChI=1S/C20H24N4O3S2/c1-20(2,3)27-19(25)22-10-17-21-11-18(29-17)28-14-6-7-16(26-5)15(8-14)13-9-23-24(4)12-13/h6-9,11-12H,10H2,1-5H3,(H,22,25). The molecule has 0 aliphatic rings. The predicted molar refractivity (Wildman–Crippen MR) is 115 cm³/mol. The molecule has 0 radical (unpaired) electrons. The molecule has 2 aromatic heterocycles. The molecule has 154 valence electrons. The summed E-state index contributed by atoms with van der Waals surface area (Å²) in [5.41, 5.74) is 1.47. The number of ether oxygens (including phenoxy) is 2. The van der Waals surface area contributed by atoms with E-state index in [0.29, 0.717) is 6.54 Å². The van der Waals surface area contributed by atoms with Crippen LogP contribution in [0.2, 0.25) is 0 Å². The Balaban J connectivity index is 1.67. The van der Waals surface area contributed by atoms with Crippen LogP contribution in [0.15, 0.2) is 45.9 Å². The van der Waals surface area contributed by atoms with Gasteiger partial charge in [-0.1, -0.05) is 11.8 Å². The van der Waals surface area contributed by atoms with Gasteiger partial charge in [0, 0.05) is 29.3 Å². The van der Waals surface area contributed by atoms with Gasteiger partial charge < -0.3 is 14.8 Å². The second-order valence-electron chi connectivity index (χ2n) is 7.30. The average Bonchev–Trinajstić information content (AvgIpc) is 3.27. The molecule has 1 aromatic carbocycles. The fourth-order valence-electron chi connectivity index (χ4n) is 2.54. The lowest BCUT2D eigenvalue weighted by Crippen LogP contribution is -2.32. The van der Waals surface area contributed by atoms with Crippen molar-refractivity contribution in [3.63, 3.8) is 0 Å². The van der Waals surface area contributed by atoms with E-state index in [9.17, 15) is 4.79 Å². The Morgan fingerprint density at radius 2 is 2.10 bits per heavy atom. The van der Waals surface area contributed by atoms with Crippen LogP contribution in [0, 0.1) is 0 Å². The molecule has 0 fully saturated rings. The molecule has 2 heterocycles. The van der Waals surface area contributed by atoms with Crippen molar-refractivity contribution in [2.75, 3.05) is 7.11 Å². The SMILES string of the molecule is COc1ccc(Sc2cnc(CNC(=O)OC(C)(C)C)s2)cc1-c1cnn(C)c1. The van der Waals surface area contributed by atoms with E-state index in [0.717, 1.165) is 31.0 Å². The fourth-order valence-corrected chi connectivity index (χ4v) is 4.52. The van der Waals surface area contributed by atoms with E-state index in [-0.39, 0.29) is 0 Å². The van der Waals surface area contributed by atoms with Gasteiger partial charge in [0.1, 0.15) is 16.4 Å². The summed E-state index contributed by atoms with van der Waals surface area (Å²) in [7, 11) is 3.55. The van der Waals surface area contributed by atoms with Gasteiger partial charge in [-0.15, -0.1) is 11.3 Å². The van der Waals surface area contributed by atoms with Crippen LogP contribution >= 0.6 is 23.1 Å². The van der Waals surface area contributed by atoms with E-state index < -0.39 is 11.7 Å². The second kappa shape index (κ2) is 8.87. The molecule has 7 nitrogen and oxygen atoms in total. The van der Waals surface area contributed by atoms with Crippen LogP contribution in [0.1, 0.15) is 25.8 Å². The molecule has 0 aliphatic heterocycles. The Bertz CT molecular complexity index is 992. The second-order valence-corrected chi connectivity index (χ2v) is 9.78. The molecule has 0 aliphatic carbocycles. The summed E-state index contributed by atoms with van der Waals surface area (Å²) in [6.45, 7) is 5.84. The van der Waals surface area contributed by atoms with Crippen molar-refractivity contribution >= 4 is 29.2 Å². The number of aryl methyl sites for hydroxylation is 1. The lowest BCUT2D eigenvalue weighted by Gasteiger charge is -2.19. The number of amides is 1. The lowest BCUT2D eigenvalue weighted by molar-refractivity contribution is 0.0523. The van der Waals surface area contributed by atoms with Gasteiger partial charge in [-0.2, -0.15) is 5.10 Å². The summed E-state index contributed by atoms with van der Waals surface area (Å²) in [5, 5.41) is 7.80. The number of thiazole rings is 1. The van der Waals surface area contributed by atoms with Crippen LogP contribution < -0.4 is 10.1 Å². The summed E-state index contributed by atoms with van der Waals surface area (Å²) in [6, 6.07) is 6.05. The Kier molecular flexibility index (Phi) is 6.49. The first-order valence-corrected chi connectivity index (χ1v) is 10.6. The molecule has 0 unspecified atom stereocenters. The van der Waals surface area contributed by atoms with E-state index >= 15 is 0 Å². The largest absolute Gasteiger partial charge is 0.496 e. The molecule has 3 rings (SSSR count). The van der Waals surface area contributed by atoms with Crippen LogP contribution in [0.5, 0.6) is 5.75 Å². The smallest absolute Gasteiger partial charge is 0.408 e. The maximum atomic E-state index is 11.8. The normalized spacial score (nSPS) is 11.3. The van der Waals surface area contributed by atoms with Crippen LogP contribution in [-0.4, -0.2) is 33.6 Å². The minimum absolute atomic E-state index is 0.337. The van der Waals surface area contributed by atoms with Crippen LogP contribution in [-0.2, 0) is 18.3 Å². The highest BCUT2D eigenvalue weighted by atomic mass is 32.2. The van der Waals surface area contributed by atoms with Gasteiger partial charge in [-0.3, -0.25) is 4.68 Å². The van der Waals surface area contributed by atoms with E-state index in [1.165, 1.54) is 11.3 Å². The zero-order valence-corrected chi connectivity index (χ0v) is 18.7. The monoisotopic (exact) mass is 432 g/mol. The zero-order valence-electron chi connectivity index (χ0n) is 17.1. The van der Waals surface area contributed by atoms with Crippen molar-refractivity contribution < 1.29 is 14.3 Å². The van der Waals surface area contributed by atoms with E-state index in [2.05, 4.69) is 21.5 Å².